The lowest BCUT2D eigenvalue weighted by Gasteiger charge is -2.34. The van der Waals surface area contributed by atoms with E-state index in [1.165, 1.54) is 49.5 Å². The van der Waals surface area contributed by atoms with Crippen molar-refractivity contribution in [1.29, 1.82) is 0 Å². The van der Waals surface area contributed by atoms with Crippen LogP contribution in [0, 0.1) is 0 Å². The third kappa shape index (κ3) is 9.18. The van der Waals surface area contributed by atoms with Gasteiger partial charge < -0.3 is 19.7 Å². The Kier molecular flexibility index (Phi) is 12.5. The van der Waals surface area contributed by atoms with E-state index in [4.69, 9.17) is 32.7 Å². The number of amides is 2. The molecule has 248 valence electrons. The fourth-order valence-electron chi connectivity index (χ4n) is 4.99. The first-order valence-corrected chi connectivity index (χ1v) is 17.1. The van der Waals surface area contributed by atoms with Crippen molar-refractivity contribution in [3.05, 3.63) is 118 Å². The number of benzene rings is 4. The lowest BCUT2D eigenvalue weighted by molar-refractivity contribution is -0.140. The summed E-state index contributed by atoms with van der Waals surface area (Å²) >= 11 is 12.4. The van der Waals surface area contributed by atoms with Crippen LogP contribution in [0.5, 0.6) is 11.5 Å². The zero-order valence-corrected chi connectivity index (χ0v) is 28.7. The van der Waals surface area contributed by atoms with E-state index in [1.54, 1.807) is 36.4 Å². The summed E-state index contributed by atoms with van der Waals surface area (Å²) < 4.78 is 40.3. The van der Waals surface area contributed by atoms with Gasteiger partial charge in [-0.05, 0) is 66.1 Å². The van der Waals surface area contributed by atoms with E-state index in [1.807, 2.05) is 37.3 Å². The molecule has 2 amide bonds. The van der Waals surface area contributed by atoms with Gasteiger partial charge in [0.25, 0.3) is 10.0 Å². The second kappa shape index (κ2) is 16.5. The number of methoxy groups -OCH3 is 2. The highest BCUT2D eigenvalue weighted by molar-refractivity contribution is 7.92. The summed E-state index contributed by atoms with van der Waals surface area (Å²) in [7, 11) is -1.52. The lowest BCUT2D eigenvalue weighted by Crippen LogP contribution is -2.53. The second-order valence-electron chi connectivity index (χ2n) is 10.7. The number of hydrogen-bond donors (Lipinski definition) is 1. The van der Waals surface area contributed by atoms with Crippen LogP contribution in [0.1, 0.15) is 24.5 Å². The molecule has 0 saturated carbocycles. The van der Waals surface area contributed by atoms with Crippen LogP contribution < -0.4 is 19.1 Å². The Morgan fingerprint density at radius 2 is 1.49 bits per heavy atom. The standard InChI is InChI=1S/C35H37Cl2N3O6S/c1-4-19-38-35(42)31(21-25-9-6-5-7-10-25)39(23-26-11-8-12-28(37)20-26)34(41)24-40(29-15-13-27(36)14-16-29)47(43,44)30-17-18-32(45-2)33(22-30)46-3/h5-18,20,22,31H,4,19,21,23-24H2,1-3H3,(H,38,42). The monoisotopic (exact) mass is 697 g/mol. The second-order valence-corrected chi connectivity index (χ2v) is 13.4. The van der Waals surface area contributed by atoms with E-state index < -0.39 is 28.5 Å². The smallest absolute Gasteiger partial charge is 0.264 e. The summed E-state index contributed by atoms with van der Waals surface area (Å²) in [6.07, 6.45) is 0.895. The van der Waals surface area contributed by atoms with Gasteiger partial charge in [0.15, 0.2) is 11.5 Å². The average molecular weight is 699 g/mol. The molecule has 47 heavy (non-hydrogen) atoms. The van der Waals surface area contributed by atoms with Gasteiger partial charge in [0.1, 0.15) is 12.6 Å². The van der Waals surface area contributed by atoms with E-state index in [-0.39, 0.29) is 35.2 Å². The Labute approximate surface area is 286 Å². The highest BCUT2D eigenvalue weighted by atomic mass is 35.5. The third-order valence-corrected chi connectivity index (χ3v) is 9.66. The summed E-state index contributed by atoms with van der Waals surface area (Å²) in [5, 5.41) is 3.78. The van der Waals surface area contributed by atoms with Crippen LogP contribution >= 0.6 is 23.2 Å². The van der Waals surface area contributed by atoms with Gasteiger partial charge in [-0.15, -0.1) is 0 Å². The van der Waals surface area contributed by atoms with Gasteiger partial charge in [0.05, 0.1) is 24.8 Å². The van der Waals surface area contributed by atoms with Crippen molar-refractivity contribution < 1.29 is 27.5 Å². The van der Waals surface area contributed by atoms with Crippen molar-refractivity contribution in [2.24, 2.45) is 0 Å². The Bertz CT molecular complexity index is 1770. The van der Waals surface area contributed by atoms with E-state index >= 15 is 0 Å². The summed E-state index contributed by atoms with van der Waals surface area (Å²) in [5.41, 5.74) is 1.71. The van der Waals surface area contributed by atoms with Crippen molar-refractivity contribution in [3.8, 4) is 11.5 Å². The number of anilines is 1. The number of halogens is 2. The van der Waals surface area contributed by atoms with Crippen molar-refractivity contribution in [3.63, 3.8) is 0 Å². The summed E-state index contributed by atoms with van der Waals surface area (Å²) in [6.45, 7) is 1.73. The van der Waals surface area contributed by atoms with Gasteiger partial charge in [-0.3, -0.25) is 13.9 Å². The van der Waals surface area contributed by atoms with Gasteiger partial charge in [-0.25, -0.2) is 8.42 Å². The highest BCUT2D eigenvalue weighted by Crippen LogP contribution is 2.33. The molecule has 0 aliphatic rings. The molecule has 1 atom stereocenters. The minimum Gasteiger partial charge on any atom is -0.493 e. The SMILES string of the molecule is CCCNC(=O)C(Cc1ccccc1)N(Cc1cccc(Cl)c1)C(=O)CN(c1ccc(Cl)cc1)S(=O)(=O)c1ccc(OC)c(OC)c1. The molecule has 0 aromatic heterocycles. The van der Waals surface area contributed by atoms with Gasteiger partial charge in [0.2, 0.25) is 11.8 Å². The van der Waals surface area contributed by atoms with Crippen LogP contribution in [0.2, 0.25) is 10.0 Å². The summed E-state index contributed by atoms with van der Waals surface area (Å²) in [6, 6.07) is 25.7. The third-order valence-electron chi connectivity index (χ3n) is 7.40. The number of ether oxygens (including phenoxy) is 2. The predicted molar refractivity (Wildman–Crippen MR) is 185 cm³/mol. The lowest BCUT2D eigenvalue weighted by atomic mass is 10.0. The molecule has 4 aromatic rings. The molecule has 1 N–H and O–H groups in total. The van der Waals surface area contributed by atoms with Gasteiger partial charge in [0, 0.05) is 35.6 Å². The minimum absolute atomic E-state index is 0.00129. The molecule has 0 radical (unpaired) electrons. The molecule has 1 unspecified atom stereocenters. The molecule has 0 bridgehead atoms. The number of nitrogens with one attached hydrogen (secondary N) is 1. The van der Waals surface area contributed by atoms with Crippen LogP contribution in [0.25, 0.3) is 0 Å². The highest BCUT2D eigenvalue weighted by Gasteiger charge is 2.35. The Hall–Kier alpha value is -4.25. The van der Waals surface area contributed by atoms with Crippen LogP contribution in [-0.2, 0) is 32.6 Å². The number of rotatable bonds is 15. The number of carbonyl (C=O) groups excluding carboxylic acids is 2. The first kappa shape index (κ1) is 35.6. The molecular weight excluding hydrogens is 661 g/mol. The van der Waals surface area contributed by atoms with E-state index in [2.05, 4.69) is 5.32 Å². The maximum atomic E-state index is 14.5. The number of carbonyl (C=O) groups is 2. The van der Waals surface area contributed by atoms with E-state index in [0.29, 0.717) is 34.3 Å². The predicted octanol–water partition coefficient (Wildman–Crippen LogP) is 6.37. The Balaban J connectivity index is 1.82. The first-order valence-electron chi connectivity index (χ1n) is 14.9. The molecule has 9 nitrogen and oxygen atoms in total. The summed E-state index contributed by atoms with van der Waals surface area (Å²) in [4.78, 5) is 29.6. The quantitative estimate of drug-likeness (QED) is 0.155. The minimum atomic E-state index is -4.37. The fourth-order valence-corrected chi connectivity index (χ4v) is 6.76. The molecule has 0 spiro atoms. The van der Waals surface area contributed by atoms with Crippen LogP contribution in [0.15, 0.2) is 102 Å². The van der Waals surface area contributed by atoms with E-state index in [9.17, 15) is 18.0 Å². The van der Waals surface area contributed by atoms with Crippen LogP contribution in [-0.4, -0.2) is 58.5 Å². The van der Waals surface area contributed by atoms with E-state index in [0.717, 1.165) is 9.87 Å². The molecule has 0 aliphatic heterocycles. The molecule has 0 aliphatic carbocycles. The Morgan fingerprint density at radius 1 is 0.809 bits per heavy atom. The largest absolute Gasteiger partial charge is 0.493 e. The molecule has 12 heteroatoms. The fraction of sp³-hybridized carbons (Fsp3) is 0.257. The maximum absolute atomic E-state index is 14.5. The van der Waals surface area contributed by atoms with Crippen LogP contribution in [0.4, 0.5) is 5.69 Å². The van der Waals surface area contributed by atoms with Gasteiger partial charge in [-0.1, -0.05) is 72.6 Å². The van der Waals surface area contributed by atoms with Crippen molar-refractivity contribution in [2.45, 2.75) is 37.2 Å². The number of sulfonamides is 1. The summed E-state index contributed by atoms with van der Waals surface area (Å²) in [5.74, 6) is -0.410. The molecule has 0 saturated heterocycles. The first-order chi connectivity index (χ1) is 22.6. The molecule has 4 rings (SSSR count). The topological polar surface area (TPSA) is 105 Å². The molecule has 0 heterocycles. The van der Waals surface area contributed by atoms with Crippen molar-refractivity contribution in [1.82, 2.24) is 10.2 Å². The van der Waals surface area contributed by atoms with Crippen molar-refractivity contribution in [2.75, 3.05) is 31.6 Å². The van der Waals surface area contributed by atoms with Gasteiger partial charge in [-0.2, -0.15) is 0 Å². The zero-order valence-electron chi connectivity index (χ0n) is 26.4. The average Bonchev–Trinajstić information content (AvgIpc) is 3.08. The zero-order chi connectivity index (χ0) is 34.0. The molecule has 0 fully saturated rings. The maximum Gasteiger partial charge on any atom is 0.264 e. The molecule has 4 aromatic carbocycles. The molecular formula is C35H37Cl2N3O6S. The van der Waals surface area contributed by atoms with Crippen molar-refractivity contribution >= 4 is 50.7 Å². The number of hydrogen-bond acceptors (Lipinski definition) is 6. The number of nitrogens with zero attached hydrogens (tertiary/aromatic N) is 2. The normalized spacial score (nSPS) is 11.8. The Morgan fingerprint density at radius 3 is 2.13 bits per heavy atom. The van der Waals surface area contributed by atoms with Gasteiger partial charge >= 0.3 is 0 Å². The van der Waals surface area contributed by atoms with Crippen LogP contribution in [0.3, 0.4) is 0 Å².